The molecular weight excluding hydrogens is 509 g/mol. The fourth-order valence-electron chi connectivity index (χ4n) is 1.93. The van der Waals surface area contributed by atoms with Gasteiger partial charge in [-0.1, -0.05) is 5.11 Å². The van der Waals surface area contributed by atoms with Gasteiger partial charge in [-0.3, -0.25) is 0 Å². The fraction of sp³-hybridized carbons (Fsp3) is 1.00. The van der Waals surface area contributed by atoms with Gasteiger partial charge in [-0.15, -0.1) is 0 Å². The van der Waals surface area contributed by atoms with E-state index >= 15 is 0 Å². The fourth-order valence-corrected chi connectivity index (χ4v) is 1.93. The third-order valence-electron chi connectivity index (χ3n) is 3.85. The molecule has 20 heteroatoms. The second-order valence-corrected chi connectivity index (χ2v) is 6.06. The first-order chi connectivity index (χ1) is 13.8. The van der Waals surface area contributed by atoms with E-state index in [4.69, 9.17) is 5.53 Å². The van der Waals surface area contributed by atoms with E-state index in [9.17, 15) is 74.6 Å². The molecule has 0 fully saturated rings. The molecule has 0 rings (SSSR count). The number of azide groups is 1. The molecule has 190 valence electrons. The summed E-state index contributed by atoms with van der Waals surface area (Å²) in [5.74, 6) is -56.2. The van der Waals surface area contributed by atoms with Crippen molar-refractivity contribution in [1.82, 2.24) is 0 Å². The summed E-state index contributed by atoms with van der Waals surface area (Å²) in [4.78, 5) is 2.05. The van der Waals surface area contributed by atoms with Gasteiger partial charge in [-0.05, 0) is 18.4 Å². The van der Waals surface area contributed by atoms with E-state index in [-0.39, 0.29) is 0 Å². The van der Waals surface area contributed by atoms with Crippen molar-refractivity contribution < 1.29 is 74.6 Å². The monoisotopic (exact) mass is 517 g/mol. The van der Waals surface area contributed by atoms with Crippen LogP contribution in [0.25, 0.3) is 10.4 Å². The Morgan fingerprint density at radius 2 is 0.844 bits per heavy atom. The Morgan fingerprint density at radius 3 is 1.19 bits per heavy atom. The molecule has 0 aliphatic carbocycles. The van der Waals surface area contributed by atoms with E-state index in [0.29, 0.717) is 0 Å². The Hall–Kier alpha value is -1.88. The normalized spacial score (nSPS) is 15.5. The minimum absolute atomic E-state index is 0.721. The largest absolute Gasteiger partial charge is 0.460 e. The van der Waals surface area contributed by atoms with Crippen molar-refractivity contribution in [3.05, 3.63) is 10.4 Å². The molecule has 0 atom stereocenters. The number of hydrogen-bond acceptors (Lipinski definition) is 1. The molecule has 0 saturated carbocycles. The van der Waals surface area contributed by atoms with Gasteiger partial charge < -0.3 is 0 Å². The van der Waals surface area contributed by atoms with Gasteiger partial charge in [-0.2, -0.15) is 74.6 Å². The summed E-state index contributed by atoms with van der Waals surface area (Å²) in [7, 11) is 0. The summed E-state index contributed by atoms with van der Waals surface area (Å²) in [6, 6.07) is 0. The van der Waals surface area contributed by atoms with Crippen molar-refractivity contribution in [2.75, 3.05) is 6.54 Å². The van der Waals surface area contributed by atoms with Crippen molar-refractivity contribution in [1.29, 1.82) is 0 Å². The predicted octanol–water partition coefficient (Wildman–Crippen LogP) is 7.48. The van der Waals surface area contributed by atoms with E-state index in [1.54, 1.807) is 0 Å². The van der Waals surface area contributed by atoms with Crippen molar-refractivity contribution >= 4 is 0 Å². The first-order valence-electron chi connectivity index (χ1n) is 7.53. The van der Waals surface area contributed by atoms with Crippen LogP contribution in [0.1, 0.15) is 19.3 Å². The van der Waals surface area contributed by atoms with Gasteiger partial charge in [-0.25, -0.2) is 0 Å². The molecule has 0 unspecified atom stereocenters. The molecule has 0 aromatic carbocycles. The molecule has 3 nitrogen and oxygen atoms in total. The van der Waals surface area contributed by atoms with Gasteiger partial charge >= 0.3 is 47.6 Å². The Balaban J connectivity index is 6.32. The standard InChI is InChI=1S/C12H8F17N3/c13-5(14,3-1-2-4-31-32-30)6(15,16)7(17,18)8(19,20)9(21,22)10(23,24)11(25,26)12(27,28)29/h1-4H2. The molecule has 0 amide bonds. The molecular formula is C12H8F17N3. The van der Waals surface area contributed by atoms with Crippen molar-refractivity contribution in [2.24, 2.45) is 5.11 Å². The Bertz CT molecular complexity index is 704. The highest BCUT2D eigenvalue weighted by molar-refractivity contribution is 5.15. The van der Waals surface area contributed by atoms with Gasteiger partial charge in [0.2, 0.25) is 0 Å². The lowest BCUT2D eigenvalue weighted by atomic mass is 9.88. The lowest BCUT2D eigenvalue weighted by molar-refractivity contribution is -0.461. The Morgan fingerprint density at radius 1 is 0.500 bits per heavy atom. The van der Waals surface area contributed by atoms with Crippen LogP contribution in [0.15, 0.2) is 5.11 Å². The third-order valence-corrected chi connectivity index (χ3v) is 3.85. The maximum atomic E-state index is 13.4. The number of halogens is 17. The molecule has 0 aliphatic heterocycles. The summed E-state index contributed by atoms with van der Waals surface area (Å²) in [6.45, 7) is -0.721. The lowest BCUT2D eigenvalue weighted by Crippen LogP contribution is -2.74. The SMILES string of the molecule is [N-]=[N+]=NCCCCC(F)(F)C(F)(F)C(F)(F)C(F)(F)C(F)(F)C(F)(F)C(F)(F)C(F)(F)F. The summed E-state index contributed by atoms with van der Waals surface area (Å²) in [6.07, 6.45) is -12.4. The van der Waals surface area contributed by atoms with Gasteiger partial charge in [0.1, 0.15) is 0 Å². The van der Waals surface area contributed by atoms with E-state index in [1.807, 2.05) is 0 Å². The Labute approximate surface area is 165 Å². The van der Waals surface area contributed by atoms with Crippen LogP contribution in [0.2, 0.25) is 0 Å². The van der Waals surface area contributed by atoms with Crippen LogP contribution >= 0.6 is 0 Å². The minimum Gasteiger partial charge on any atom is -0.200 e. The summed E-state index contributed by atoms with van der Waals surface area (Å²) < 4.78 is 221. The third kappa shape index (κ3) is 4.33. The quantitative estimate of drug-likeness (QED) is 0.0898. The maximum Gasteiger partial charge on any atom is 0.460 e. The number of rotatable bonds is 11. The number of unbranched alkanes of at least 4 members (excludes halogenated alkanes) is 1. The maximum absolute atomic E-state index is 13.4. The van der Waals surface area contributed by atoms with E-state index < -0.39 is 73.4 Å². The average molecular weight is 517 g/mol. The summed E-state index contributed by atoms with van der Waals surface area (Å²) >= 11 is 0. The minimum atomic E-state index is -8.62. The summed E-state index contributed by atoms with van der Waals surface area (Å²) in [5.41, 5.74) is 7.85. The zero-order valence-corrected chi connectivity index (χ0v) is 14.6. The van der Waals surface area contributed by atoms with Gasteiger partial charge in [0.25, 0.3) is 0 Å². The van der Waals surface area contributed by atoms with Crippen LogP contribution in [-0.2, 0) is 0 Å². The van der Waals surface area contributed by atoms with E-state index in [1.165, 1.54) is 0 Å². The van der Waals surface area contributed by atoms with Crippen LogP contribution in [-0.4, -0.2) is 54.2 Å². The molecule has 32 heavy (non-hydrogen) atoms. The first kappa shape index (κ1) is 30.1. The van der Waals surface area contributed by atoms with Crippen LogP contribution in [0.5, 0.6) is 0 Å². The van der Waals surface area contributed by atoms with Gasteiger partial charge in [0, 0.05) is 17.9 Å². The Kier molecular flexibility index (Phi) is 7.98. The molecule has 0 saturated heterocycles. The van der Waals surface area contributed by atoms with Crippen LogP contribution in [0, 0.1) is 0 Å². The molecule has 0 aromatic heterocycles. The van der Waals surface area contributed by atoms with Crippen molar-refractivity contribution in [3.8, 4) is 0 Å². The molecule has 0 N–H and O–H groups in total. The highest BCUT2D eigenvalue weighted by atomic mass is 19.4. The van der Waals surface area contributed by atoms with Gasteiger partial charge in [0.15, 0.2) is 0 Å². The molecule has 0 heterocycles. The predicted molar refractivity (Wildman–Crippen MR) is 68.5 cm³/mol. The molecule has 0 radical (unpaired) electrons. The molecule has 0 spiro atoms. The topological polar surface area (TPSA) is 48.8 Å². The second-order valence-electron chi connectivity index (χ2n) is 6.06. The van der Waals surface area contributed by atoms with Gasteiger partial charge in [0.05, 0.1) is 0 Å². The van der Waals surface area contributed by atoms with Crippen LogP contribution in [0.3, 0.4) is 0 Å². The number of alkyl halides is 17. The molecule has 0 aliphatic rings. The molecule has 0 aromatic rings. The first-order valence-corrected chi connectivity index (χ1v) is 7.53. The lowest BCUT2D eigenvalue weighted by Gasteiger charge is -2.42. The van der Waals surface area contributed by atoms with Crippen molar-refractivity contribution in [2.45, 2.75) is 66.9 Å². The number of hydrogen-bond donors (Lipinski definition) is 0. The van der Waals surface area contributed by atoms with Crippen LogP contribution < -0.4 is 0 Å². The van der Waals surface area contributed by atoms with E-state index in [2.05, 4.69) is 10.0 Å². The van der Waals surface area contributed by atoms with E-state index in [0.717, 1.165) is 0 Å². The zero-order chi connectivity index (χ0) is 26.2. The average Bonchev–Trinajstić information content (AvgIpc) is 2.59. The smallest absolute Gasteiger partial charge is 0.200 e. The second kappa shape index (κ2) is 8.48. The van der Waals surface area contributed by atoms with Crippen LogP contribution in [0.4, 0.5) is 74.6 Å². The highest BCUT2D eigenvalue weighted by Gasteiger charge is 2.95. The molecule has 0 bridgehead atoms. The highest BCUT2D eigenvalue weighted by Crippen LogP contribution is 2.64. The number of nitrogens with zero attached hydrogens (tertiary/aromatic N) is 3. The zero-order valence-electron chi connectivity index (χ0n) is 14.6. The summed E-state index contributed by atoms with van der Waals surface area (Å²) in [5, 5.41) is 2.68. The van der Waals surface area contributed by atoms with Crippen molar-refractivity contribution in [3.63, 3.8) is 0 Å².